The van der Waals surface area contributed by atoms with Gasteiger partial charge in [-0.1, -0.05) is 86.6 Å². The lowest BCUT2D eigenvalue weighted by Crippen LogP contribution is -2.60. The Bertz CT molecular complexity index is 2560. The summed E-state index contributed by atoms with van der Waals surface area (Å²) in [6.07, 6.45) is -0.281. The number of nitrogens with zero attached hydrogens (tertiary/aromatic N) is 3. The summed E-state index contributed by atoms with van der Waals surface area (Å²) in [5.74, 6) is -7.75. The average Bonchev–Trinajstić information content (AvgIpc) is 3.39. The van der Waals surface area contributed by atoms with Crippen LogP contribution in [0.1, 0.15) is 81.9 Å². The number of aliphatic imine (C=N–C) groups is 2. The third kappa shape index (κ3) is 25.6. The highest BCUT2D eigenvalue weighted by Crippen LogP contribution is 2.15. The lowest BCUT2D eigenvalue weighted by molar-refractivity contribution is -0.140. The van der Waals surface area contributed by atoms with E-state index in [-0.39, 0.29) is 120 Å². The van der Waals surface area contributed by atoms with Gasteiger partial charge in [0.25, 0.3) is 0 Å². The summed E-state index contributed by atoms with van der Waals surface area (Å²) in [6.45, 7) is 2.91. The number of rotatable bonds is 36. The van der Waals surface area contributed by atoms with E-state index in [9.17, 15) is 48.3 Å². The normalized spacial score (nSPS) is 13.1. The number of aliphatic carboxylic acids is 1. The molecule has 0 unspecified atom stereocenters. The molecule has 20 N–H and O–H groups in total. The van der Waals surface area contributed by atoms with Gasteiger partial charge in [-0.05, 0) is 73.3 Å². The number of primary amides is 1. The first kappa shape index (κ1) is 65.5. The largest absolute Gasteiger partial charge is 0.508 e. The molecule has 0 aromatic heterocycles. The number of aromatic hydroxyl groups is 1. The van der Waals surface area contributed by atoms with E-state index in [1.54, 1.807) is 60.7 Å². The second kappa shape index (κ2) is 34.9. The van der Waals surface area contributed by atoms with Crippen LogP contribution in [0.15, 0.2) is 94.9 Å². The van der Waals surface area contributed by atoms with E-state index in [4.69, 9.17) is 39.5 Å². The summed E-state index contributed by atoms with van der Waals surface area (Å²) in [5, 5.41) is 35.3. The molecule has 0 heterocycles. The molecule has 0 fully saturated rings. The highest BCUT2D eigenvalue weighted by atomic mass is 16.4. The molecule has 26 heteroatoms. The van der Waals surface area contributed by atoms with Crippen molar-refractivity contribution < 1.29 is 53.4 Å². The van der Waals surface area contributed by atoms with Crippen molar-refractivity contribution in [2.45, 2.75) is 121 Å². The molecular weight excluding hydrogens is 1030 g/mol. The van der Waals surface area contributed by atoms with Gasteiger partial charge in [-0.15, -0.1) is 0 Å². The van der Waals surface area contributed by atoms with Crippen molar-refractivity contribution in [3.63, 3.8) is 0 Å². The molecule has 0 aliphatic rings. The number of carbonyl (C=O) groups excluding carboxylic acids is 8. The van der Waals surface area contributed by atoms with E-state index in [0.29, 0.717) is 16.7 Å². The van der Waals surface area contributed by atoms with Gasteiger partial charge in [0.05, 0.1) is 6.54 Å². The van der Waals surface area contributed by atoms with Crippen LogP contribution in [0.3, 0.4) is 0 Å². The molecule has 0 saturated heterocycles. The molecule has 0 aliphatic heterocycles. The maximum Gasteiger partial charge on any atom is 0.303 e. The second-order valence-electron chi connectivity index (χ2n) is 19.5. The Balaban J connectivity index is 2.02. The van der Waals surface area contributed by atoms with Gasteiger partial charge >= 0.3 is 5.97 Å². The van der Waals surface area contributed by atoms with Crippen molar-refractivity contribution in [3.05, 3.63) is 102 Å². The Morgan fingerprint density at radius 1 is 0.525 bits per heavy atom. The van der Waals surface area contributed by atoms with Crippen LogP contribution in [-0.4, -0.2) is 149 Å². The Morgan fingerprint density at radius 3 is 1.39 bits per heavy atom. The standard InChI is InChI=1S/C54H79N15O11/c1-33(2)28-40(47(56)75)65-48(76)39(17-11-26-62-54(59)60)64-45(72)32-69(27-24-55)52(80)43(31-35-14-7-4-8-15-35)68-51(79)41(29-34-12-5-3-6-13-34)67-50(78)42(30-36-20-22-37(70)23-21-36)66-49(77)38(16-10-25-61-53(57)58)63-44(71)18-9-19-46(73)74/h3-8,12-15,20-23,33,38-43,70H,9-11,16-19,24-32,55H2,1-2H3,(H2,56,75)(H,63,71)(H,64,72)(H,65,76)(H,66,77)(H,67,78)(H,68,79)(H,73,74)(H4,57,58,61)(H4,59,60,62)/t38-,39-,40-,41-,42-,43+/m0/s1. The average molecular weight is 1110 g/mol. The van der Waals surface area contributed by atoms with Gasteiger partial charge in [0.2, 0.25) is 47.3 Å². The first-order chi connectivity index (χ1) is 38.0. The SMILES string of the molecule is CC(C)C[C@H](NC(=O)[C@H](CCCN=C(N)N)NC(=O)CN(CCN)C(=O)[C@@H](Cc1ccccc1)NC(=O)[C@H](Cc1ccccc1)NC(=O)[C@H](Cc1ccc(O)cc1)NC(=O)[C@H](CCCN=C(N)N)NC(=O)CCCC(=O)O)C(N)=O. The minimum absolute atomic E-state index is 0.00797. The van der Waals surface area contributed by atoms with Crippen LogP contribution in [0, 0.1) is 5.92 Å². The van der Waals surface area contributed by atoms with Gasteiger partial charge in [0.15, 0.2) is 11.9 Å². The lowest BCUT2D eigenvalue weighted by Gasteiger charge is -2.30. The second-order valence-corrected chi connectivity index (χ2v) is 19.5. The summed E-state index contributed by atoms with van der Waals surface area (Å²) >= 11 is 0. The fourth-order valence-electron chi connectivity index (χ4n) is 8.26. The van der Waals surface area contributed by atoms with E-state index in [1.807, 2.05) is 13.8 Å². The third-order valence-corrected chi connectivity index (χ3v) is 12.2. The van der Waals surface area contributed by atoms with Crippen molar-refractivity contribution in [3.8, 4) is 5.75 Å². The predicted octanol–water partition coefficient (Wildman–Crippen LogP) is -1.99. The number of hydrogen-bond donors (Lipinski definition) is 14. The number of amides is 8. The number of carbonyl (C=O) groups is 9. The van der Waals surface area contributed by atoms with E-state index < -0.39 is 96.0 Å². The molecule has 3 aromatic carbocycles. The molecule has 3 rings (SSSR count). The van der Waals surface area contributed by atoms with E-state index in [2.05, 4.69) is 41.9 Å². The van der Waals surface area contributed by atoms with Crippen molar-refractivity contribution >= 4 is 65.1 Å². The van der Waals surface area contributed by atoms with Gasteiger partial charge in [-0.25, -0.2) is 0 Å². The summed E-state index contributed by atoms with van der Waals surface area (Å²) in [4.78, 5) is 132. The summed E-state index contributed by atoms with van der Waals surface area (Å²) in [7, 11) is 0. The minimum atomic E-state index is -1.43. The highest BCUT2D eigenvalue weighted by Gasteiger charge is 2.34. The number of phenolic OH excluding ortho intramolecular Hbond substituents is 1. The van der Waals surface area contributed by atoms with Crippen LogP contribution in [0.25, 0.3) is 0 Å². The fraction of sp³-hybridized carbons (Fsp3) is 0.463. The lowest BCUT2D eigenvalue weighted by atomic mass is 10.0. The first-order valence-corrected chi connectivity index (χ1v) is 26.3. The molecule has 0 radical (unpaired) electrons. The zero-order chi connectivity index (χ0) is 59.1. The molecule has 0 bridgehead atoms. The van der Waals surface area contributed by atoms with Gasteiger partial charge in [-0.2, -0.15) is 0 Å². The number of nitrogens with one attached hydrogen (secondary N) is 6. The molecule has 6 atom stereocenters. The minimum Gasteiger partial charge on any atom is -0.508 e. The zero-order valence-electron chi connectivity index (χ0n) is 45.3. The number of benzene rings is 3. The maximum absolute atomic E-state index is 14.8. The number of nitrogens with two attached hydrogens (primary N) is 6. The monoisotopic (exact) mass is 1110 g/mol. The maximum atomic E-state index is 14.8. The molecular formula is C54H79N15O11. The van der Waals surface area contributed by atoms with E-state index in [0.717, 1.165) is 4.90 Å². The summed E-state index contributed by atoms with van der Waals surface area (Å²) < 4.78 is 0. The van der Waals surface area contributed by atoms with Gasteiger partial charge < -0.3 is 81.4 Å². The van der Waals surface area contributed by atoms with Crippen LogP contribution in [0.4, 0.5) is 0 Å². The van der Waals surface area contributed by atoms with Crippen LogP contribution in [0.2, 0.25) is 0 Å². The fourth-order valence-corrected chi connectivity index (χ4v) is 8.26. The molecule has 0 saturated carbocycles. The first-order valence-electron chi connectivity index (χ1n) is 26.3. The molecule has 80 heavy (non-hydrogen) atoms. The number of carboxylic acids is 1. The quantitative estimate of drug-likeness (QED) is 0.0170. The molecule has 0 spiro atoms. The highest BCUT2D eigenvalue weighted by molar-refractivity contribution is 5.97. The number of guanidine groups is 2. The smallest absolute Gasteiger partial charge is 0.303 e. The van der Waals surface area contributed by atoms with Crippen molar-refractivity contribution in [1.82, 2.24) is 36.8 Å². The molecule has 436 valence electrons. The molecule has 26 nitrogen and oxygen atoms in total. The Hall–Kier alpha value is -8.81. The van der Waals surface area contributed by atoms with Crippen molar-refractivity contribution in [1.29, 1.82) is 0 Å². The molecule has 0 aliphatic carbocycles. The van der Waals surface area contributed by atoms with Gasteiger partial charge in [0.1, 0.15) is 42.0 Å². The van der Waals surface area contributed by atoms with Gasteiger partial charge in [-0.3, -0.25) is 53.1 Å². The van der Waals surface area contributed by atoms with Crippen LogP contribution < -0.4 is 66.3 Å². The van der Waals surface area contributed by atoms with Crippen LogP contribution >= 0.6 is 0 Å². The number of hydrogen-bond acceptors (Lipinski definition) is 13. The molecule has 8 amide bonds. The Labute approximate surface area is 465 Å². The van der Waals surface area contributed by atoms with Crippen molar-refractivity contribution in [2.24, 2.45) is 50.3 Å². The van der Waals surface area contributed by atoms with E-state index in [1.165, 1.54) is 24.3 Å². The number of carboxylic acid groups (broad SMARTS) is 1. The van der Waals surface area contributed by atoms with E-state index >= 15 is 0 Å². The predicted molar refractivity (Wildman–Crippen MR) is 299 cm³/mol. The Kier molecular flexibility index (Phi) is 28.5. The summed E-state index contributed by atoms with van der Waals surface area (Å²) in [6, 6.07) is 15.3. The van der Waals surface area contributed by atoms with Crippen molar-refractivity contribution in [2.75, 3.05) is 32.7 Å². The Morgan fingerprint density at radius 2 is 0.950 bits per heavy atom. The topological polar surface area (TPSA) is 450 Å². The third-order valence-electron chi connectivity index (χ3n) is 12.2. The molecule has 3 aromatic rings. The summed E-state index contributed by atoms with van der Waals surface area (Å²) in [5.41, 5.74) is 35.2. The van der Waals surface area contributed by atoms with Crippen LogP contribution in [0.5, 0.6) is 5.75 Å². The van der Waals surface area contributed by atoms with Gasteiger partial charge in [0, 0.05) is 58.3 Å². The zero-order valence-corrected chi connectivity index (χ0v) is 45.3. The van der Waals surface area contributed by atoms with Crippen LogP contribution in [-0.2, 0) is 62.4 Å². The number of phenols is 1.